The van der Waals surface area contributed by atoms with Crippen molar-refractivity contribution in [3.05, 3.63) is 28.0 Å². The second kappa shape index (κ2) is 5.40. The monoisotopic (exact) mass is 291 g/mol. The molecule has 2 aliphatic rings. The summed E-state index contributed by atoms with van der Waals surface area (Å²) in [4.78, 5) is 23.5. The molecule has 4 nitrogen and oxygen atoms in total. The minimum atomic E-state index is -0.952. The molecule has 5 heteroatoms. The first kappa shape index (κ1) is 13.4. The van der Waals surface area contributed by atoms with Gasteiger partial charge in [-0.25, -0.2) is 4.79 Å². The lowest BCUT2D eigenvalue weighted by Crippen LogP contribution is -2.25. The highest BCUT2D eigenvalue weighted by atomic mass is 32.1. The van der Waals surface area contributed by atoms with Crippen molar-refractivity contribution in [2.24, 2.45) is 17.8 Å². The van der Waals surface area contributed by atoms with E-state index in [-0.39, 0.29) is 11.8 Å². The van der Waals surface area contributed by atoms with E-state index in [2.05, 4.69) is 5.32 Å². The van der Waals surface area contributed by atoms with Crippen LogP contribution < -0.4 is 5.32 Å². The number of rotatable bonds is 5. The molecule has 3 rings (SSSR count). The summed E-state index contributed by atoms with van der Waals surface area (Å²) in [7, 11) is 0. The number of carboxylic acids is 1. The van der Waals surface area contributed by atoms with Gasteiger partial charge in [0, 0.05) is 16.9 Å². The molecule has 106 valence electrons. The van der Waals surface area contributed by atoms with Gasteiger partial charge in [0.05, 0.1) is 6.54 Å². The molecule has 0 spiro atoms. The fourth-order valence-corrected chi connectivity index (χ4v) is 4.04. The lowest BCUT2D eigenvalue weighted by molar-refractivity contribution is -0.131. The van der Waals surface area contributed by atoms with E-state index < -0.39 is 5.97 Å². The number of fused-ring (bicyclic) bond motifs is 1. The van der Waals surface area contributed by atoms with Gasteiger partial charge in [-0.2, -0.15) is 0 Å². The summed E-state index contributed by atoms with van der Waals surface area (Å²) in [5.74, 6) is 0.789. The van der Waals surface area contributed by atoms with E-state index in [0.29, 0.717) is 18.4 Å². The molecule has 20 heavy (non-hydrogen) atoms. The van der Waals surface area contributed by atoms with Crippen LogP contribution in [0.15, 0.2) is 17.5 Å². The standard InChI is InChI=1S/C15H17NO3S/c17-13(18)5-4-9-6-10(20-8-9)7-16-15(19)14-11-2-1-3-12(11)14/h4-6,8,11-12,14H,1-3,7H2,(H,16,19)(H,17,18)/b5-4+. The Morgan fingerprint density at radius 1 is 1.40 bits per heavy atom. The van der Waals surface area contributed by atoms with Crippen LogP contribution in [0.25, 0.3) is 6.08 Å². The Hall–Kier alpha value is -1.62. The van der Waals surface area contributed by atoms with Gasteiger partial charge in [0.25, 0.3) is 0 Å². The Kier molecular flexibility index (Phi) is 3.61. The molecule has 2 N–H and O–H groups in total. The molecule has 1 aromatic rings. The number of carbonyl (C=O) groups excluding carboxylic acids is 1. The Morgan fingerprint density at radius 2 is 2.15 bits per heavy atom. The number of nitrogens with one attached hydrogen (secondary N) is 1. The highest BCUT2D eigenvalue weighted by Crippen LogP contribution is 2.57. The number of carbonyl (C=O) groups is 2. The zero-order valence-electron chi connectivity index (χ0n) is 11.0. The normalized spacial score (nSPS) is 27.5. The van der Waals surface area contributed by atoms with E-state index >= 15 is 0 Å². The van der Waals surface area contributed by atoms with Crippen molar-refractivity contribution in [2.45, 2.75) is 25.8 Å². The van der Waals surface area contributed by atoms with Crippen LogP contribution in [0.5, 0.6) is 0 Å². The van der Waals surface area contributed by atoms with Gasteiger partial charge >= 0.3 is 5.97 Å². The Labute approximate surface area is 121 Å². The maximum atomic E-state index is 12.0. The fourth-order valence-electron chi connectivity index (χ4n) is 3.25. The number of aliphatic carboxylic acids is 1. The van der Waals surface area contributed by atoms with Gasteiger partial charge in [0.2, 0.25) is 5.91 Å². The van der Waals surface area contributed by atoms with Gasteiger partial charge in [-0.1, -0.05) is 6.42 Å². The van der Waals surface area contributed by atoms with Crippen LogP contribution in [0, 0.1) is 17.8 Å². The zero-order valence-corrected chi connectivity index (χ0v) is 11.9. The zero-order chi connectivity index (χ0) is 14.1. The molecular weight excluding hydrogens is 274 g/mol. The van der Waals surface area contributed by atoms with Crippen molar-refractivity contribution in [2.75, 3.05) is 0 Å². The van der Waals surface area contributed by atoms with Crippen LogP contribution in [0.4, 0.5) is 0 Å². The summed E-state index contributed by atoms with van der Waals surface area (Å²) in [5, 5.41) is 13.5. The second-order valence-corrected chi connectivity index (χ2v) is 6.52. The Morgan fingerprint density at radius 3 is 2.85 bits per heavy atom. The SMILES string of the molecule is O=C(O)/C=C/c1csc(CNC(=O)C2C3CCCC32)c1. The summed E-state index contributed by atoms with van der Waals surface area (Å²) in [6.45, 7) is 0.542. The molecule has 1 amide bonds. The van der Waals surface area contributed by atoms with Crippen LogP contribution in [-0.4, -0.2) is 17.0 Å². The van der Waals surface area contributed by atoms with Gasteiger partial charge in [0.1, 0.15) is 0 Å². The van der Waals surface area contributed by atoms with Gasteiger partial charge < -0.3 is 10.4 Å². The summed E-state index contributed by atoms with van der Waals surface area (Å²) in [5.41, 5.74) is 0.866. The van der Waals surface area contributed by atoms with Crippen LogP contribution >= 0.6 is 11.3 Å². The molecule has 0 aliphatic heterocycles. The first-order valence-electron chi connectivity index (χ1n) is 6.91. The lowest BCUT2D eigenvalue weighted by atomic mass is 10.1. The molecular formula is C15H17NO3S. The largest absolute Gasteiger partial charge is 0.478 e. The van der Waals surface area contributed by atoms with E-state index in [0.717, 1.165) is 16.5 Å². The third-order valence-electron chi connectivity index (χ3n) is 4.24. The second-order valence-electron chi connectivity index (χ2n) is 5.52. The summed E-state index contributed by atoms with van der Waals surface area (Å²) in [6, 6.07) is 1.91. The number of thiophene rings is 1. The topological polar surface area (TPSA) is 66.4 Å². The number of hydrogen-bond donors (Lipinski definition) is 2. The Balaban J connectivity index is 1.49. The van der Waals surface area contributed by atoms with Gasteiger partial charge in [-0.3, -0.25) is 4.79 Å². The van der Waals surface area contributed by atoms with Crippen molar-refractivity contribution >= 4 is 29.3 Å². The van der Waals surface area contributed by atoms with Crippen molar-refractivity contribution < 1.29 is 14.7 Å². The van der Waals surface area contributed by atoms with Crippen molar-refractivity contribution in [1.82, 2.24) is 5.32 Å². The quantitative estimate of drug-likeness (QED) is 0.819. The highest BCUT2D eigenvalue weighted by Gasteiger charge is 2.56. The molecule has 0 aromatic carbocycles. The molecule has 1 aromatic heterocycles. The smallest absolute Gasteiger partial charge is 0.328 e. The van der Waals surface area contributed by atoms with Gasteiger partial charge in [-0.15, -0.1) is 11.3 Å². The van der Waals surface area contributed by atoms with Crippen molar-refractivity contribution in [3.8, 4) is 0 Å². The number of carboxylic acid groups (broad SMARTS) is 1. The first-order chi connectivity index (χ1) is 9.65. The summed E-state index contributed by atoms with van der Waals surface area (Å²) < 4.78 is 0. The lowest BCUT2D eigenvalue weighted by Gasteiger charge is -2.04. The highest BCUT2D eigenvalue weighted by molar-refractivity contribution is 7.10. The minimum Gasteiger partial charge on any atom is -0.478 e. The summed E-state index contributed by atoms with van der Waals surface area (Å²) in [6.07, 6.45) is 6.40. The maximum Gasteiger partial charge on any atom is 0.328 e. The molecule has 0 radical (unpaired) electrons. The molecule has 2 atom stereocenters. The summed E-state index contributed by atoms with van der Waals surface area (Å²) >= 11 is 1.54. The average Bonchev–Trinajstić information content (AvgIpc) is 2.83. The molecule has 0 saturated heterocycles. The van der Waals surface area contributed by atoms with Crippen LogP contribution in [0.3, 0.4) is 0 Å². The molecule has 2 aliphatic carbocycles. The predicted molar refractivity (Wildman–Crippen MR) is 77.2 cm³/mol. The van der Waals surface area contributed by atoms with Crippen LogP contribution in [0.2, 0.25) is 0 Å². The van der Waals surface area contributed by atoms with Crippen molar-refractivity contribution in [3.63, 3.8) is 0 Å². The molecule has 1 heterocycles. The number of amides is 1. The van der Waals surface area contributed by atoms with E-state index in [4.69, 9.17) is 5.11 Å². The molecule has 2 saturated carbocycles. The molecule has 0 bridgehead atoms. The average molecular weight is 291 g/mol. The van der Waals surface area contributed by atoms with E-state index in [1.165, 1.54) is 30.6 Å². The van der Waals surface area contributed by atoms with E-state index in [1.54, 1.807) is 6.08 Å². The first-order valence-corrected chi connectivity index (χ1v) is 7.79. The third-order valence-corrected chi connectivity index (χ3v) is 5.19. The number of hydrogen-bond acceptors (Lipinski definition) is 3. The fraction of sp³-hybridized carbons (Fsp3) is 0.467. The van der Waals surface area contributed by atoms with E-state index in [1.807, 2.05) is 11.4 Å². The third kappa shape index (κ3) is 2.77. The molecule has 2 unspecified atom stereocenters. The molecule has 2 fully saturated rings. The Bertz CT molecular complexity index is 553. The predicted octanol–water partition coefficient (Wildman–Crippen LogP) is 2.51. The van der Waals surface area contributed by atoms with Crippen LogP contribution in [-0.2, 0) is 16.1 Å². The maximum absolute atomic E-state index is 12.0. The minimum absolute atomic E-state index is 0.190. The van der Waals surface area contributed by atoms with E-state index in [9.17, 15) is 9.59 Å². The van der Waals surface area contributed by atoms with Crippen molar-refractivity contribution in [1.29, 1.82) is 0 Å². The van der Waals surface area contributed by atoms with Gasteiger partial charge in [0.15, 0.2) is 0 Å². The van der Waals surface area contributed by atoms with Crippen LogP contribution in [0.1, 0.15) is 29.7 Å². The van der Waals surface area contributed by atoms with Gasteiger partial charge in [-0.05, 0) is 47.8 Å².